The molecule has 4 nitrogen and oxygen atoms in total. The molecule has 1 unspecified atom stereocenters. The molecule has 0 aromatic rings. The van der Waals surface area contributed by atoms with Gasteiger partial charge in [0.15, 0.2) is 11.9 Å². The Balaban J connectivity index is 2.53. The number of aliphatic hydroxyl groups is 1. The molecule has 25 heavy (non-hydrogen) atoms. The number of carboxylic acid groups (broad SMARTS) is 1. The van der Waals surface area contributed by atoms with E-state index in [0.29, 0.717) is 6.42 Å². The van der Waals surface area contributed by atoms with Gasteiger partial charge in [0.2, 0.25) is 0 Å². The number of allylic oxidation sites excluding steroid dienone is 4. The number of hydrogen-bond acceptors (Lipinski definition) is 3. The van der Waals surface area contributed by atoms with Gasteiger partial charge in [0.1, 0.15) is 0 Å². The van der Waals surface area contributed by atoms with Crippen LogP contribution in [0.4, 0.5) is 0 Å². The zero-order chi connectivity index (χ0) is 18.7. The Bertz CT molecular complexity index is 564. The zero-order valence-corrected chi connectivity index (χ0v) is 15.3. The van der Waals surface area contributed by atoms with Crippen molar-refractivity contribution in [3.63, 3.8) is 0 Å². The number of carboxylic acids is 1. The standard InChI is InChI=1S/C21H30O4/c1-3-4-5-6-7-8-11-17-13-14-19(22)18(17)15-16(2)10-9-12-20(23)21(24)25/h8-9,11,13-14,17-18,20,23H,3-7,12,15H2,1-2H3,(H,24,25)/t10?,17-,18+,20?/m0/s1. The van der Waals surface area contributed by atoms with Gasteiger partial charge in [-0.15, -0.1) is 5.73 Å². The van der Waals surface area contributed by atoms with Crippen LogP contribution < -0.4 is 0 Å². The van der Waals surface area contributed by atoms with Gasteiger partial charge in [-0.25, -0.2) is 4.79 Å². The predicted molar refractivity (Wildman–Crippen MR) is 99.2 cm³/mol. The SMILES string of the molecule is CCCCCCC=C[C@H]1C=CC(=O)[C@@H]1CC(C)=C=CCC(O)C(=O)O. The number of rotatable bonds is 11. The smallest absolute Gasteiger partial charge is 0.332 e. The maximum absolute atomic E-state index is 12.1. The van der Waals surface area contributed by atoms with Gasteiger partial charge in [-0.2, -0.15) is 0 Å². The molecule has 1 rings (SSSR count). The van der Waals surface area contributed by atoms with E-state index in [0.717, 1.165) is 12.0 Å². The molecule has 0 aromatic carbocycles. The second-order valence-electron chi connectivity index (χ2n) is 6.65. The summed E-state index contributed by atoms with van der Waals surface area (Å²) in [6.07, 6.45) is 14.6. The lowest BCUT2D eigenvalue weighted by atomic mass is 9.88. The van der Waals surface area contributed by atoms with E-state index in [1.807, 2.05) is 13.0 Å². The summed E-state index contributed by atoms with van der Waals surface area (Å²) in [7, 11) is 0. The van der Waals surface area contributed by atoms with Gasteiger partial charge in [-0.05, 0) is 43.9 Å². The van der Waals surface area contributed by atoms with Gasteiger partial charge in [-0.3, -0.25) is 4.79 Å². The first-order chi connectivity index (χ1) is 12.0. The van der Waals surface area contributed by atoms with Crippen LogP contribution in [-0.2, 0) is 9.59 Å². The molecular formula is C21H30O4. The molecule has 0 bridgehead atoms. The fourth-order valence-electron chi connectivity index (χ4n) is 2.87. The van der Waals surface area contributed by atoms with Crippen LogP contribution in [0, 0.1) is 11.8 Å². The normalized spacial score (nSPS) is 20.7. The van der Waals surface area contributed by atoms with Crippen LogP contribution in [0.5, 0.6) is 0 Å². The van der Waals surface area contributed by atoms with Gasteiger partial charge in [0.25, 0.3) is 0 Å². The minimum Gasteiger partial charge on any atom is -0.479 e. The second kappa shape index (κ2) is 11.6. The number of carbonyl (C=O) groups excluding carboxylic acids is 1. The summed E-state index contributed by atoms with van der Waals surface area (Å²) in [6.45, 7) is 4.07. The van der Waals surface area contributed by atoms with Crippen molar-refractivity contribution in [2.24, 2.45) is 11.8 Å². The molecule has 138 valence electrons. The Morgan fingerprint density at radius 2 is 2.12 bits per heavy atom. The second-order valence-corrected chi connectivity index (χ2v) is 6.65. The third kappa shape index (κ3) is 8.15. The third-order valence-electron chi connectivity index (χ3n) is 4.40. The minimum atomic E-state index is -1.40. The molecule has 1 aliphatic carbocycles. The molecule has 0 aliphatic heterocycles. The lowest BCUT2D eigenvalue weighted by Crippen LogP contribution is -2.17. The minimum absolute atomic E-state index is 0.0185. The summed E-state index contributed by atoms with van der Waals surface area (Å²) < 4.78 is 0. The Labute approximate surface area is 150 Å². The molecule has 1 aliphatic rings. The Kier molecular flexibility index (Phi) is 9.83. The highest BCUT2D eigenvalue weighted by atomic mass is 16.4. The van der Waals surface area contributed by atoms with E-state index in [9.17, 15) is 14.7 Å². The summed E-state index contributed by atoms with van der Waals surface area (Å²) >= 11 is 0. The maximum Gasteiger partial charge on any atom is 0.332 e. The van der Waals surface area contributed by atoms with Gasteiger partial charge < -0.3 is 10.2 Å². The first kappa shape index (κ1) is 21.1. The molecule has 0 heterocycles. The van der Waals surface area contributed by atoms with Crippen molar-refractivity contribution in [2.45, 2.75) is 64.9 Å². The number of unbranched alkanes of at least 4 members (excludes halogenated alkanes) is 4. The third-order valence-corrected chi connectivity index (χ3v) is 4.40. The maximum atomic E-state index is 12.1. The van der Waals surface area contributed by atoms with Crippen LogP contribution in [0.3, 0.4) is 0 Å². The van der Waals surface area contributed by atoms with Crippen molar-refractivity contribution < 1.29 is 19.8 Å². The van der Waals surface area contributed by atoms with Crippen molar-refractivity contribution in [1.82, 2.24) is 0 Å². The summed E-state index contributed by atoms with van der Waals surface area (Å²) in [5, 5.41) is 17.9. The van der Waals surface area contributed by atoms with Crippen LogP contribution >= 0.6 is 0 Å². The zero-order valence-electron chi connectivity index (χ0n) is 15.3. The first-order valence-electron chi connectivity index (χ1n) is 9.16. The molecule has 0 aromatic heterocycles. The van der Waals surface area contributed by atoms with Crippen molar-refractivity contribution in [3.05, 3.63) is 41.7 Å². The Hall–Kier alpha value is -1.90. The van der Waals surface area contributed by atoms with Gasteiger partial charge in [-0.1, -0.05) is 44.4 Å². The molecule has 0 saturated carbocycles. The fourth-order valence-corrected chi connectivity index (χ4v) is 2.87. The van der Waals surface area contributed by atoms with E-state index in [1.54, 1.807) is 6.08 Å². The van der Waals surface area contributed by atoms with Crippen molar-refractivity contribution in [2.75, 3.05) is 0 Å². The molecule has 0 spiro atoms. The molecule has 0 amide bonds. The van der Waals surface area contributed by atoms with Crippen LogP contribution in [-0.4, -0.2) is 28.1 Å². The predicted octanol–water partition coefficient (Wildman–Crippen LogP) is 4.21. The monoisotopic (exact) mass is 346 g/mol. The topological polar surface area (TPSA) is 74.6 Å². The lowest BCUT2D eigenvalue weighted by Gasteiger charge is -2.14. The largest absolute Gasteiger partial charge is 0.479 e. The molecule has 0 radical (unpaired) electrons. The van der Waals surface area contributed by atoms with E-state index >= 15 is 0 Å². The Morgan fingerprint density at radius 3 is 2.80 bits per heavy atom. The van der Waals surface area contributed by atoms with Gasteiger partial charge >= 0.3 is 5.97 Å². The number of aliphatic carboxylic acids is 1. The first-order valence-corrected chi connectivity index (χ1v) is 9.16. The van der Waals surface area contributed by atoms with E-state index in [2.05, 4.69) is 24.8 Å². The average Bonchev–Trinajstić information content (AvgIpc) is 2.91. The summed E-state index contributed by atoms with van der Waals surface area (Å²) in [5.74, 6) is -1.08. The molecule has 2 N–H and O–H groups in total. The molecule has 0 saturated heterocycles. The molecule has 4 heteroatoms. The summed E-state index contributed by atoms with van der Waals surface area (Å²) in [4.78, 5) is 22.6. The average molecular weight is 346 g/mol. The van der Waals surface area contributed by atoms with Crippen molar-refractivity contribution in [3.8, 4) is 0 Å². The van der Waals surface area contributed by atoms with Crippen LogP contribution in [0.1, 0.15) is 58.8 Å². The van der Waals surface area contributed by atoms with Crippen molar-refractivity contribution >= 4 is 11.8 Å². The van der Waals surface area contributed by atoms with E-state index in [4.69, 9.17) is 5.11 Å². The number of ketones is 1. The van der Waals surface area contributed by atoms with Crippen LogP contribution in [0.25, 0.3) is 0 Å². The van der Waals surface area contributed by atoms with E-state index in [1.165, 1.54) is 31.8 Å². The van der Waals surface area contributed by atoms with E-state index in [-0.39, 0.29) is 24.0 Å². The highest BCUT2D eigenvalue weighted by Crippen LogP contribution is 2.29. The van der Waals surface area contributed by atoms with Crippen LogP contribution in [0.2, 0.25) is 0 Å². The fraction of sp³-hybridized carbons (Fsp3) is 0.571. The summed E-state index contributed by atoms with van der Waals surface area (Å²) in [5.41, 5.74) is 3.88. The molecular weight excluding hydrogens is 316 g/mol. The van der Waals surface area contributed by atoms with Crippen molar-refractivity contribution in [1.29, 1.82) is 0 Å². The highest BCUT2D eigenvalue weighted by molar-refractivity contribution is 5.95. The molecule has 0 fully saturated rings. The number of hydrogen-bond donors (Lipinski definition) is 2. The molecule has 3 atom stereocenters. The Morgan fingerprint density at radius 1 is 1.36 bits per heavy atom. The highest BCUT2D eigenvalue weighted by Gasteiger charge is 2.28. The summed E-state index contributed by atoms with van der Waals surface area (Å²) in [6, 6.07) is 0. The number of aliphatic hydroxyl groups excluding tert-OH is 1. The number of carbonyl (C=O) groups is 2. The lowest BCUT2D eigenvalue weighted by molar-refractivity contribution is -0.146. The van der Waals surface area contributed by atoms with Gasteiger partial charge in [0.05, 0.1) is 0 Å². The van der Waals surface area contributed by atoms with Gasteiger partial charge in [0, 0.05) is 18.3 Å². The van der Waals surface area contributed by atoms with Crippen LogP contribution in [0.15, 0.2) is 41.7 Å². The van der Waals surface area contributed by atoms with E-state index < -0.39 is 12.1 Å². The quantitative estimate of drug-likeness (QED) is 0.334.